The molecule has 0 saturated carbocycles. The van der Waals surface area contributed by atoms with Gasteiger partial charge in [0.25, 0.3) is 0 Å². The summed E-state index contributed by atoms with van der Waals surface area (Å²) in [7, 11) is 1.57. The van der Waals surface area contributed by atoms with Crippen molar-refractivity contribution in [2.24, 2.45) is 0 Å². The van der Waals surface area contributed by atoms with Crippen molar-refractivity contribution < 1.29 is 9.84 Å². The molecular formula is C12H14O2. The molecule has 1 atom stereocenters. The van der Waals surface area contributed by atoms with Crippen LogP contribution < -0.4 is 4.74 Å². The van der Waals surface area contributed by atoms with E-state index in [-0.39, 0.29) is 5.75 Å². The summed E-state index contributed by atoms with van der Waals surface area (Å²) >= 11 is 0. The van der Waals surface area contributed by atoms with E-state index in [0.29, 0.717) is 11.7 Å². The van der Waals surface area contributed by atoms with E-state index in [4.69, 9.17) is 4.74 Å². The van der Waals surface area contributed by atoms with Crippen molar-refractivity contribution in [3.05, 3.63) is 35.9 Å². The summed E-state index contributed by atoms with van der Waals surface area (Å²) in [5.41, 5.74) is 1.22. The van der Waals surface area contributed by atoms with Crippen LogP contribution in [-0.4, -0.2) is 12.2 Å². The molecule has 0 bridgehead atoms. The Balaban J connectivity index is 2.30. The molecule has 0 aliphatic heterocycles. The van der Waals surface area contributed by atoms with Crippen molar-refractivity contribution in [3.63, 3.8) is 0 Å². The van der Waals surface area contributed by atoms with Crippen molar-refractivity contribution in [2.45, 2.75) is 18.8 Å². The van der Waals surface area contributed by atoms with Gasteiger partial charge in [-0.25, -0.2) is 0 Å². The molecule has 0 radical (unpaired) electrons. The third-order valence-electron chi connectivity index (χ3n) is 2.64. The number of allylic oxidation sites excluding steroid dienone is 2. The predicted molar refractivity (Wildman–Crippen MR) is 55.8 cm³/mol. The molecular weight excluding hydrogens is 176 g/mol. The van der Waals surface area contributed by atoms with Gasteiger partial charge in [0.1, 0.15) is 0 Å². The lowest BCUT2D eigenvalue weighted by Gasteiger charge is -2.10. The number of aromatic hydroxyl groups is 1. The Bertz CT molecular complexity index is 355. The first-order valence-corrected chi connectivity index (χ1v) is 4.85. The lowest BCUT2D eigenvalue weighted by Crippen LogP contribution is -1.92. The number of ether oxygens (including phenoxy) is 1. The lowest BCUT2D eigenvalue weighted by molar-refractivity contribution is 0.372. The zero-order valence-corrected chi connectivity index (χ0v) is 8.23. The third-order valence-corrected chi connectivity index (χ3v) is 2.64. The fraction of sp³-hybridized carbons (Fsp3) is 0.333. The summed E-state index contributed by atoms with van der Waals surface area (Å²) in [5, 5.41) is 9.43. The highest BCUT2D eigenvalue weighted by molar-refractivity contribution is 5.44. The van der Waals surface area contributed by atoms with Crippen LogP contribution in [-0.2, 0) is 0 Å². The minimum Gasteiger partial charge on any atom is -0.504 e. The number of phenolic OH excluding ortho intramolecular Hbond substituents is 1. The average Bonchev–Trinajstić information content (AvgIpc) is 2.71. The molecule has 14 heavy (non-hydrogen) atoms. The summed E-state index contributed by atoms with van der Waals surface area (Å²) in [6.07, 6.45) is 6.72. The molecule has 1 N–H and O–H groups in total. The average molecular weight is 190 g/mol. The van der Waals surface area contributed by atoms with Crippen LogP contribution in [0.3, 0.4) is 0 Å². The Morgan fingerprint density at radius 1 is 1.43 bits per heavy atom. The fourth-order valence-corrected chi connectivity index (χ4v) is 1.84. The summed E-state index contributed by atoms with van der Waals surface area (Å²) in [6, 6.07) is 5.56. The minimum absolute atomic E-state index is 0.207. The minimum atomic E-state index is 0.207. The van der Waals surface area contributed by atoms with Crippen LogP contribution in [0, 0.1) is 0 Å². The highest BCUT2D eigenvalue weighted by Gasteiger charge is 2.13. The molecule has 2 heteroatoms. The normalized spacial score (nSPS) is 19.9. The van der Waals surface area contributed by atoms with E-state index in [9.17, 15) is 5.11 Å². The topological polar surface area (TPSA) is 29.5 Å². The van der Waals surface area contributed by atoms with Gasteiger partial charge in [0.05, 0.1) is 7.11 Å². The van der Waals surface area contributed by atoms with Gasteiger partial charge in [-0.3, -0.25) is 0 Å². The zero-order chi connectivity index (χ0) is 9.97. The Morgan fingerprint density at radius 3 is 2.93 bits per heavy atom. The van der Waals surface area contributed by atoms with Gasteiger partial charge in [0.15, 0.2) is 11.5 Å². The second-order valence-corrected chi connectivity index (χ2v) is 3.54. The largest absolute Gasteiger partial charge is 0.504 e. The summed E-state index contributed by atoms with van der Waals surface area (Å²) < 4.78 is 5.07. The summed E-state index contributed by atoms with van der Waals surface area (Å²) in [4.78, 5) is 0. The Labute approximate surface area is 83.8 Å². The van der Waals surface area contributed by atoms with Crippen molar-refractivity contribution in [2.75, 3.05) is 7.11 Å². The molecule has 0 amide bonds. The second-order valence-electron chi connectivity index (χ2n) is 3.54. The third kappa shape index (κ3) is 1.60. The van der Waals surface area contributed by atoms with E-state index in [2.05, 4.69) is 12.2 Å². The zero-order valence-electron chi connectivity index (χ0n) is 8.23. The van der Waals surface area contributed by atoms with Gasteiger partial charge in [-0.2, -0.15) is 0 Å². The summed E-state index contributed by atoms with van der Waals surface area (Å²) in [5.74, 6) is 1.26. The molecule has 0 fully saturated rings. The van der Waals surface area contributed by atoms with Crippen LogP contribution in [0.5, 0.6) is 11.5 Å². The van der Waals surface area contributed by atoms with Crippen LogP contribution in [0.1, 0.15) is 24.3 Å². The Morgan fingerprint density at radius 2 is 2.29 bits per heavy atom. The maximum atomic E-state index is 9.43. The molecule has 0 aromatic heterocycles. The smallest absolute Gasteiger partial charge is 0.160 e. The van der Waals surface area contributed by atoms with Gasteiger partial charge in [-0.05, 0) is 30.5 Å². The van der Waals surface area contributed by atoms with Gasteiger partial charge < -0.3 is 9.84 Å². The molecule has 1 aromatic rings. The highest BCUT2D eigenvalue weighted by Crippen LogP contribution is 2.34. The summed E-state index contributed by atoms with van der Waals surface area (Å²) in [6.45, 7) is 0. The Hall–Kier alpha value is -1.44. The van der Waals surface area contributed by atoms with Crippen molar-refractivity contribution >= 4 is 0 Å². The number of rotatable bonds is 2. The van der Waals surface area contributed by atoms with Crippen LogP contribution in [0.2, 0.25) is 0 Å². The molecule has 1 aromatic carbocycles. The van der Waals surface area contributed by atoms with Crippen LogP contribution in [0.4, 0.5) is 0 Å². The van der Waals surface area contributed by atoms with E-state index in [0.717, 1.165) is 12.8 Å². The van der Waals surface area contributed by atoms with Gasteiger partial charge in [0, 0.05) is 5.92 Å². The van der Waals surface area contributed by atoms with Crippen LogP contribution >= 0.6 is 0 Å². The molecule has 0 spiro atoms. The number of phenols is 1. The molecule has 1 aliphatic rings. The SMILES string of the molecule is COc1cc(C2C=CCC2)ccc1O. The molecule has 0 heterocycles. The number of methoxy groups -OCH3 is 1. The maximum absolute atomic E-state index is 9.43. The predicted octanol–water partition coefficient (Wildman–Crippen LogP) is 2.83. The first-order valence-electron chi connectivity index (χ1n) is 4.85. The van der Waals surface area contributed by atoms with E-state index in [1.54, 1.807) is 13.2 Å². The molecule has 1 aliphatic carbocycles. The van der Waals surface area contributed by atoms with E-state index in [1.165, 1.54) is 5.56 Å². The van der Waals surface area contributed by atoms with Crippen molar-refractivity contribution in [1.82, 2.24) is 0 Å². The molecule has 74 valence electrons. The van der Waals surface area contributed by atoms with E-state index < -0.39 is 0 Å². The molecule has 0 saturated heterocycles. The van der Waals surface area contributed by atoms with Crippen LogP contribution in [0.25, 0.3) is 0 Å². The first kappa shape index (κ1) is 9.13. The standard InChI is InChI=1S/C12H14O2/c1-14-12-8-10(6-7-11(12)13)9-4-2-3-5-9/h2,4,6-9,13H,3,5H2,1H3. The second kappa shape index (κ2) is 3.74. The van der Waals surface area contributed by atoms with Crippen LogP contribution in [0.15, 0.2) is 30.4 Å². The lowest BCUT2D eigenvalue weighted by atomic mass is 9.98. The van der Waals surface area contributed by atoms with E-state index >= 15 is 0 Å². The first-order chi connectivity index (χ1) is 6.81. The van der Waals surface area contributed by atoms with Gasteiger partial charge in [-0.15, -0.1) is 0 Å². The van der Waals surface area contributed by atoms with Gasteiger partial charge >= 0.3 is 0 Å². The van der Waals surface area contributed by atoms with Gasteiger partial charge in [0.2, 0.25) is 0 Å². The van der Waals surface area contributed by atoms with E-state index in [1.807, 2.05) is 12.1 Å². The number of hydrogen-bond donors (Lipinski definition) is 1. The number of hydrogen-bond acceptors (Lipinski definition) is 2. The molecule has 2 nitrogen and oxygen atoms in total. The number of benzene rings is 1. The fourth-order valence-electron chi connectivity index (χ4n) is 1.84. The molecule has 2 rings (SSSR count). The molecule has 1 unspecified atom stereocenters. The van der Waals surface area contributed by atoms with Crippen molar-refractivity contribution in [3.8, 4) is 11.5 Å². The Kier molecular flexibility index (Phi) is 2.44. The quantitative estimate of drug-likeness (QED) is 0.726. The maximum Gasteiger partial charge on any atom is 0.160 e. The van der Waals surface area contributed by atoms with Gasteiger partial charge in [-0.1, -0.05) is 18.2 Å². The van der Waals surface area contributed by atoms with Crippen molar-refractivity contribution in [1.29, 1.82) is 0 Å². The monoisotopic (exact) mass is 190 g/mol. The highest BCUT2D eigenvalue weighted by atomic mass is 16.5.